The fraction of sp³-hybridized carbons (Fsp3) is 0.148. The Bertz CT molecular complexity index is 1630. The Hall–Kier alpha value is -3.76. The first-order valence-electron chi connectivity index (χ1n) is 11.5. The summed E-state index contributed by atoms with van der Waals surface area (Å²) in [6.45, 7) is 3.90. The average molecular weight is 535 g/mol. The Kier molecular flexibility index (Phi) is 6.70. The Morgan fingerprint density at radius 1 is 1.03 bits per heavy atom. The predicted molar refractivity (Wildman–Crippen MR) is 143 cm³/mol. The van der Waals surface area contributed by atoms with Crippen molar-refractivity contribution in [1.29, 1.82) is 0 Å². The summed E-state index contributed by atoms with van der Waals surface area (Å²) in [6, 6.07) is 19.1. The minimum Gasteiger partial charge on any atom is -0.325 e. The lowest BCUT2D eigenvalue weighted by Gasteiger charge is -2.31. The standard InChI is InChI=1S/C27H23FN4O3S2/c1-17-7-3-4-8-19(17)15-32-23-10-6-5-9-21(23)26-24(37(32,34)35)14-29-27(31-26)36-16-25(33)30-22-13-20(28)12-11-18(22)2/h3-14H,15-16H2,1-2H3,(H,30,33). The first kappa shape index (κ1) is 24.9. The zero-order valence-electron chi connectivity index (χ0n) is 20.1. The molecule has 1 aromatic heterocycles. The number of para-hydroxylation sites is 1. The third kappa shape index (κ3) is 4.94. The molecule has 0 atom stereocenters. The fourth-order valence-electron chi connectivity index (χ4n) is 4.10. The van der Waals surface area contributed by atoms with Crippen LogP contribution in [0.5, 0.6) is 0 Å². The molecule has 7 nitrogen and oxygen atoms in total. The van der Waals surface area contributed by atoms with E-state index >= 15 is 0 Å². The number of nitrogens with zero attached hydrogens (tertiary/aromatic N) is 3. The summed E-state index contributed by atoms with van der Waals surface area (Å²) in [4.78, 5) is 21.3. The molecule has 0 aliphatic carbocycles. The number of hydrogen-bond acceptors (Lipinski definition) is 6. The van der Waals surface area contributed by atoms with Gasteiger partial charge < -0.3 is 5.32 Å². The quantitative estimate of drug-likeness (QED) is 0.265. The summed E-state index contributed by atoms with van der Waals surface area (Å²) >= 11 is 1.07. The monoisotopic (exact) mass is 534 g/mol. The lowest BCUT2D eigenvalue weighted by atomic mass is 10.1. The van der Waals surface area contributed by atoms with Gasteiger partial charge in [-0.25, -0.2) is 22.8 Å². The van der Waals surface area contributed by atoms with Gasteiger partial charge in [-0.2, -0.15) is 0 Å². The van der Waals surface area contributed by atoms with Crippen LogP contribution in [0.15, 0.2) is 83.0 Å². The van der Waals surface area contributed by atoms with Gasteiger partial charge in [-0.15, -0.1) is 0 Å². The van der Waals surface area contributed by atoms with Crippen molar-refractivity contribution >= 4 is 39.1 Å². The Morgan fingerprint density at radius 2 is 1.78 bits per heavy atom. The summed E-state index contributed by atoms with van der Waals surface area (Å²) in [5.41, 5.74) is 4.54. The van der Waals surface area contributed by atoms with Gasteiger partial charge >= 0.3 is 0 Å². The molecule has 0 fully saturated rings. The number of aryl methyl sites for hydroxylation is 2. The fourth-order valence-corrected chi connectivity index (χ4v) is 6.27. The van der Waals surface area contributed by atoms with E-state index < -0.39 is 15.8 Å². The summed E-state index contributed by atoms with van der Waals surface area (Å²) in [5.74, 6) is -0.817. The van der Waals surface area contributed by atoms with Crippen LogP contribution in [0.4, 0.5) is 15.8 Å². The van der Waals surface area contributed by atoms with E-state index in [0.717, 1.165) is 28.5 Å². The molecular formula is C27H23FN4O3S2. The van der Waals surface area contributed by atoms with Gasteiger partial charge in [-0.05, 0) is 48.7 Å². The van der Waals surface area contributed by atoms with E-state index in [0.29, 0.717) is 22.6 Å². The van der Waals surface area contributed by atoms with E-state index in [4.69, 9.17) is 0 Å². The van der Waals surface area contributed by atoms with Crippen molar-refractivity contribution in [3.05, 3.63) is 95.4 Å². The molecule has 3 aromatic carbocycles. The van der Waals surface area contributed by atoms with Gasteiger partial charge in [0.15, 0.2) is 5.16 Å². The van der Waals surface area contributed by atoms with Gasteiger partial charge in [0, 0.05) is 11.3 Å². The smallest absolute Gasteiger partial charge is 0.268 e. The van der Waals surface area contributed by atoms with Gasteiger partial charge in [-0.3, -0.25) is 9.10 Å². The van der Waals surface area contributed by atoms with E-state index in [9.17, 15) is 17.6 Å². The summed E-state index contributed by atoms with van der Waals surface area (Å²) in [5, 5.41) is 2.95. The number of sulfonamides is 1. The maximum Gasteiger partial charge on any atom is 0.268 e. The van der Waals surface area contributed by atoms with Crippen molar-refractivity contribution in [1.82, 2.24) is 9.97 Å². The predicted octanol–water partition coefficient (Wildman–Crippen LogP) is 5.34. The van der Waals surface area contributed by atoms with Crippen LogP contribution in [-0.2, 0) is 21.4 Å². The number of halogens is 1. The van der Waals surface area contributed by atoms with E-state index in [2.05, 4.69) is 15.3 Å². The van der Waals surface area contributed by atoms with Crippen LogP contribution < -0.4 is 9.62 Å². The van der Waals surface area contributed by atoms with Crippen molar-refractivity contribution in [3.63, 3.8) is 0 Å². The number of rotatable bonds is 6. The molecule has 2 heterocycles. The van der Waals surface area contributed by atoms with Gasteiger partial charge in [0.1, 0.15) is 10.7 Å². The highest BCUT2D eigenvalue weighted by Gasteiger charge is 2.36. The molecule has 0 unspecified atom stereocenters. The van der Waals surface area contributed by atoms with Crippen LogP contribution in [0, 0.1) is 19.7 Å². The normalized spacial score (nSPS) is 13.5. The molecule has 1 N–H and O–H groups in total. The van der Waals surface area contributed by atoms with Crippen LogP contribution in [0.25, 0.3) is 11.3 Å². The highest BCUT2D eigenvalue weighted by Crippen LogP contribution is 2.43. The zero-order valence-corrected chi connectivity index (χ0v) is 21.7. The van der Waals surface area contributed by atoms with Crippen molar-refractivity contribution in [3.8, 4) is 11.3 Å². The number of hydrogen-bond donors (Lipinski definition) is 1. The largest absolute Gasteiger partial charge is 0.325 e. The molecule has 10 heteroatoms. The number of thioether (sulfide) groups is 1. The molecule has 1 aliphatic heterocycles. The van der Waals surface area contributed by atoms with Crippen LogP contribution >= 0.6 is 11.8 Å². The lowest BCUT2D eigenvalue weighted by Crippen LogP contribution is -2.34. The van der Waals surface area contributed by atoms with Crippen molar-refractivity contribution < 1.29 is 17.6 Å². The lowest BCUT2D eigenvalue weighted by molar-refractivity contribution is -0.113. The molecular weight excluding hydrogens is 511 g/mol. The number of carbonyl (C=O) groups is 1. The van der Waals surface area contributed by atoms with Crippen molar-refractivity contribution in [2.45, 2.75) is 30.4 Å². The summed E-state index contributed by atoms with van der Waals surface area (Å²) in [7, 11) is -3.92. The van der Waals surface area contributed by atoms with Crippen LogP contribution in [0.1, 0.15) is 16.7 Å². The van der Waals surface area contributed by atoms with Crippen LogP contribution in [0.3, 0.4) is 0 Å². The summed E-state index contributed by atoms with van der Waals surface area (Å²) in [6.07, 6.45) is 1.30. The molecule has 1 amide bonds. The molecule has 1 aliphatic rings. The van der Waals surface area contributed by atoms with Gasteiger partial charge in [0.05, 0.1) is 29.9 Å². The minimum atomic E-state index is -3.92. The van der Waals surface area contributed by atoms with E-state index in [1.165, 1.54) is 22.6 Å². The molecule has 0 spiro atoms. The van der Waals surface area contributed by atoms with Crippen LogP contribution in [-0.4, -0.2) is 30.0 Å². The Balaban J connectivity index is 1.42. The Labute approximate surface area is 218 Å². The molecule has 0 radical (unpaired) electrons. The van der Waals surface area contributed by atoms with Gasteiger partial charge in [0.2, 0.25) is 5.91 Å². The number of carbonyl (C=O) groups excluding carboxylic acids is 1. The first-order chi connectivity index (χ1) is 17.7. The minimum absolute atomic E-state index is 0.0176. The second-order valence-electron chi connectivity index (χ2n) is 8.62. The molecule has 0 saturated carbocycles. The van der Waals surface area contributed by atoms with E-state index in [1.807, 2.05) is 43.3 Å². The number of fused-ring (bicyclic) bond motifs is 3. The number of nitrogens with one attached hydrogen (secondary N) is 1. The van der Waals surface area contributed by atoms with E-state index in [-0.39, 0.29) is 28.3 Å². The topological polar surface area (TPSA) is 92.3 Å². The second kappa shape index (κ2) is 9.95. The molecule has 0 saturated heterocycles. The summed E-state index contributed by atoms with van der Waals surface area (Å²) < 4.78 is 42.3. The van der Waals surface area contributed by atoms with E-state index in [1.54, 1.807) is 25.1 Å². The molecule has 37 heavy (non-hydrogen) atoms. The van der Waals surface area contributed by atoms with Gasteiger partial charge in [-0.1, -0.05) is 60.3 Å². The Morgan fingerprint density at radius 3 is 2.59 bits per heavy atom. The van der Waals surface area contributed by atoms with Crippen LogP contribution in [0.2, 0.25) is 0 Å². The number of aromatic nitrogens is 2. The molecule has 4 aromatic rings. The van der Waals surface area contributed by atoms with Crippen molar-refractivity contribution in [2.24, 2.45) is 0 Å². The maximum atomic E-state index is 13.7. The third-order valence-electron chi connectivity index (χ3n) is 6.11. The van der Waals surface area contributed by atoms with Gasteiger partial charge in [0.25, 0.3) is 10.0 Å². The maximum absolute atomic E-state index is 13.7. The third-order valence-corrected chi connectivity index (χ3v) is 8.73. The highest BCUT2D eigenvalue weighted by atomic mass is 32.2. The second-order valence-corrected chi connectivity index (χ2v) is 11.4. The highest BCUT2D eigenvalue weighted by molar-refractivity contribution is 7.99. The number of amides is 1. The SMILES string of the molecule is Cc1ccccc1CN1c2ccccc2-c2nc(SCC(=O)Nc3cc(F)ccc3C)ncc2S1(=O)=O. The molecule has 188 valence electrons. The van der Waals surface area contributed by atoms with Crippen molar-refractivity contribution in [2.75, 3.05) is 15.4 Å². The average Bonchev–Trinajstić information content (AvgIpc) is 2.88. The number of benzene rings is 3. The zero-order chi connectivity index (χ0) is 26.2. The number of anilines is 2. The molecule has 5 rings (SSSR count). The molecule has 0 bridgehead atoms. The first-order valence-corrected chi connectivity index (χ1v) is 13.9.